The van der Waals surface area contributed by atoms with Gasteiger partial charge in [-0.25, -0.2) is 0 Å². The smallest absolute Gasteiger partial charge is 0.308 e. The molecule has 0 aliphatic heterocycles. The van der Waals surface area contributed by atoms with Gasteiger partial charge in [-0.3, -0.25) is 4.79 Å². The van der Waals surface area contributed by atoms with Gasteiger partial charge in [-0.05, 0) is 20.5 Å². The van der Waals surface area contributed by atoms with Crippen molar-refractivity contribution < 1.29 is 14.6 Å². The molecule has 0 aromatic rings. The van der Waals surface area contributed by atoms with Gasteiger partial charge >= 0.3 is 5.97 Å². The average molecular weight is 203 g/mol. The average Bonchev–Trinajstić information content (AvgIpc) is 2.16. The van der Waals surface area contributed by atoms with Crippen LogP contribution in [0.2, 0.25) is 0 Å². The lowest BCUT2D eigenvalue weighted by molar-refractivity contribution is -0.150. The Balaban J connectivity index is 3.85. The zero-order chi connectivity index (χ0) is 11.1. The molecule has 0 fully saturated rings. The van der Waals surface area contributed by atoms with Crippen molar-refractivity contribution in [2.45, 2.75) is 26.3 Å². The van der Waals surface area contributed by atoms with Crippen LogP contribution in [0.5, 0.6) is 0 Å². The van der Waals surface area contributed by atoms with Gasteiger partial charge in [-0.15, -0.1) is 0 Å². The summed E-state index contributed by atoms with van der Waals surface area (Å²) in [6.45, 7) is 4.04. The summed E-state index contributed by atoms with van der Waals surface area (Å²) >= 11 is 0. The Labute approximate surface area is 85.9 Å². The highest BCUT2D eigenvalue weighted by molar-refractivity contribution is 5.71. The number of nitrogens with zero attached hydrogens (tertiary/aromatic N) is 1. The van der Waals surface area contributed by atoms with Crippen molar-refractivity contribution >= 4 is 5.97 Å². The molecule has 0 radical (unpaired) electrons. The Hall–Kier alpha value is -0.610. The molecule has 4 nitrogen and oxygen atoms in total. The summed E-state index contributed by atoms with van der Waals surface area (Å²) in [6, 6.07) is -0.108. The van der Waals surface area contributed by atoms with Crippen molar-refractivity contribution in [2.24, 2.45) is 5.92 Å². The Kier molecular flexibility index (Phi) is 6.49. The normalized spacial score (nSPS) is 15.3. The largest absolute Gasteiger partial charge is 0.464 e. The number of aliphatic hydroxyl groups is 1. The lowest BCUT2D eigenvalue weighted by Crippen LogP contribution is -2.37. The minimum Gasteiger partial charge on any atom is -0.464 e. The highest BCUT2D eigenvalue weighted by Gasteiger charge is 2.16. The second-order valence-corrected chi connectivity index (χ2v) is 3.74. The fourth-order valence-electron chi connectivity index (χ4n) is 0.852. The molecule has 2 unspecified atom stereocenters. The molecule has 0 amide bonds. The quantitative estimate of drug-likeness (QED) is 0.639. The zero-order valence-corrected chi connectivity index (χ0v) is 9.49. The lowest BCUT2D eigenvalue weighted by atomic mass is 10.1. The Morgan fingerprint density at radius 3 is 2.43 bits per heavy atom. The molecule has 0 saturated carbocycles. The van der Waals surface area contributed by atoms with Crippen LogP contribution in [0, 0.1) is 5.92 Å². The third-order valence-corrected chi connectivity index (χ3v) is 2.37. The number of carbonyl (C=O) groups excluding carboxylic acids is 1. The van der Waals surface area contributed by atoms with E-state index in [2.05, 4.69) is 0 Å². The minimum atomic E-state index is -0.187. The SMILES string of the molecule is CCC(C)C(=O)OCC(CO)N(C)C. The van der Waals surface area contributed by atoms with E-state index in [9.17, 15) is 4.79 Å². The Morgan fingerprint density at radius 1 is 1.50 bits per heavy atom. The number of esters is 1. The molecule has 0 heterocycles. The number of likely N-dealkylation sites (N-methyl/N-ethyl adjacent to an activating group) is 1. The van der Waals surface area contributed by atoms with Crippen LogP contribution in [0.4, 0.5) is 0 Å². The highest BCUT2D eigenvalue weighted by atomic mass is 16.5. The summed E-state index contributed by atoms with van der Waals surface area (Å²) in [6.07, 6.45) is 0.782. The molecule has 0 rings (SSSR count). The van der Waals surface area contributed by atoms with E-state index in [4.69, 9.17) is 9.84 Å². The van der Waals surface area contributed by atoms with Crippen molar-refractivity contribution in [2.75, 3.05) is 27.3 Å². The van der Waals surface area contributed by atoms with E-state index in [0.29, 0.717) is 0 Å². The van der Waals surface area contributed by atoms with E-state index in [1.54, 1.807) is 0 Å². The summed E-state index contributed by atoms with van der Waals surface area (Å²) in [4.78, 5) is 13.1. The van der Waals surface area contributed by atoms with Gasteiger partial charge in [-0.2, -0.15) is 0 Å². The van der Waals surface area contributed by atoms with Gasteiger partial charge in [0.2, 0.25) is 0 Å². The van der Waals surface area contributed by atoms with Crippen LogP contribution in [-0.4, -0.2) is 49.3 Å². The van der Waals surface area contributed by atoms with E-state index >= 15 is 0 Å². The van der Waals surface area contributed by atoms with Gasteiger partial charge in [0, 0.05) is 0 Å². The fourth-order valence-corrected chi connectivity index (χ4v) is 0.852. The zero-order valence-electron chi connectivity index (χ0n) is 9.49. The van der Waals surface area contributed by atoms with Crippen molar-refractivity contribution in [3.63, 3.8) is 0 Å². The van der Waals surface area contributed by atoms with E-state index in [1.165, 1.54) is 0 Å². The van der Waals surface area contributed by atoms with Crippen molar-refractivity contribution in [1.29, 1.82) is 0 Å². The molecule has 0 saturated heterocycles. The van der Waals surface area contributed by atoms with Crippen LogP contribution in [0.3, 0.4) is 0 Å². The standard InChI is InChI=1S/C10H21NO3/c1-5-8(2)10(13)14-7-9(6-12)11(3)4/h8-9,12H,5-7H2,1-4H3. The predicted octanol–water partition coefficient (Wildman–Crippen LogP) is 0.498. The molecule has 0 aromatic carbocycles. The first kappa shape index (κ1) is 13.4. The van der Waals surface area contributed by atoms with Crippen molar-refractivity contribution in [1.82, 2.24) is 4.90 Å². The number of ether oxygens (including phenoxy) is 1. The molecule has 84 valence electrons. The predicted molar refractivity (Wildman–Crippen MR) is 55.0 cm³/mol. The van der Waals surface area contributed by atoms with E-state index < -0.39 is 0 Å². The van der Waals surface area contributed by atoms with Gasteiger partial charge < -0.3 is 14.7 Å². The molecule has 4 heteroatoms. The minimum absolute atomic E-state index is 0.000780. The third-order valence-electron chi connectivity index (χ3n) is 2.37. The summed E-state index contributed by atoms with van der Waals surface area (Å²) in [5, 5.41) is 8.97. The second kappa shape index (κ2) is 6.79. The highest BCUT2D eigenvalue weighted by Crippen LogP contribution is 2.04. The van der Waals surface area contributed by atoms with Crippen LogP contribution in [0.1, 0.15) is 20.3 Å². The maximum absolute atomic E-state index is 11.3. The third kappa shape index (κ3) is 4.58. The topological polar surface area (TPSA) is 49.8 Å². The number of hydrogen-bond acceptors (Lipinski definition) is 4. The molecule has 0 aliphatic rings. The number of carbonyl (C=O) groups is 1. The van der Waals surface area contributed by atoms with Crippen LogP contribution in [0.15, 0.2) is 0 Å². The van der Waals surface area contributed by atoms with Crippen LogP contribution in [0.25, 0.3) is 0 Å². The van der Waals surface area contributed by atoms with Gasteiger partial charge in [0.25, 0.3) is 0 Å². The van der Waals surface area contributed by atoms with Crippen LogP contribution < -0.4 is 0 Å². The van der Waals surface area contributed by atoms with Crippen LogP contribution >= 0.6 is 0 Å². The van der Waals surface area contributed by atoms with Gasteiger partial charge in [0.15, 0.2) is 0 Å². The van der Waals surface area contributed by atoms with Crippen molar-refractivity contribution in [3.8, 4) is 0 Å². The molecule has 0 bridgehead atoms. The first-order valence-corrected chi connectivity index (χ1v) is 4.96. The van der Waals surface area contributed by atoms with Gasteiger partial charge in [0.1, 0.15) is 6.61 Å². The summed E-state index contributed by atoms with van der Waals surface area (Å²) in [5.41, 5.74) is 0. The molecular weight excluding hydrogens is 182 g/mol. The first-order valence-electron chi connectivity index (χ1n) is 4.96. The lowest BCUT2D eigenvalue weighted by Gasteiger charge is -2.22. The van der Waals surface area contributed by atoms with Gasteiger partial charge in [-0.1, -0.05) is 13.8 Å². The van der Waals surface area contributed by atoms with Crippen molar-refractivity contribution in [3.05, 3.63) is 0 Å². The molecule has 2 atom stereocenters. The summed E-state index contributed by atoms with van der Waals surface area (Å²) in [5.74, 6) is -0.246. The van der Waals surface area contributed by atoms with Gasteiger partial charge in [0.05, 0.1) is 18.6 Å². The second-order valence-electron chi connectivity index (χ2n) is 3.74. The summed E-state index contributed by atoms with van der Waals surface area (Å²) < 4.78 is 5.07. The number of hydrogen-bond donors (Lipinski definition) is 1. The Bertz CT molecular complexity index is 171. The molecule has 0 aliphatic carbocycles. The van der Waals surface area contributed by atoms with E-state index in [0.717, 1.165) is 6.42 Å². The summed E-state index contributed by atoms with van der Waals surface area (Å²) in [7, 11) is 3.69. The molecule has 0 spiro atoms. The molecule has 14 heavy (non-hydrogen) atoms. The monoisotopic (exact) mass is 203 g/mol. The van der Waals surface area contributed by atoms with Crippen LogP contribution in [-0.2, 0) is 9.53 Å². The van der Waals surface area contributed by atoms with E-state index in [1.807, 2.05) is 32.8 Å². The maximum Gasteiger partial charge on any atom is 0.308 e. The molecular formula is C10H21NO3. The Morgan fingerprint density at radius 2 is 2.07 bits per heavy atom. The molecule has 0 aromatic heterocycles. The number of aliphatic hydroxyl groups excluding tert-OH is 1. The number of rotatable bonds is 6. The first-order chi connectivity index (χ1) is 6.52. The molecule has 1 N–H and O–H groups in total. The maximum atomic E-state index is 11.3. The fraction of sp³-hybridized carbons (Fsp3) is 0.900. The van der Waals surface area contributed by atoms with E-state index in [-0.39, 0.29) is 31.1 Å².